The number of methoxy groups -OCH3 is 1. The molecular formula is C29H29N5O2S. The first-order chi connectivity index (χ1) is 18.1. The van der Waals surface area contributed by atoms with E-state index in [4.69, 9.17) is 4.74 Å². The second kappa shape index (κ2) is 10.0. The molecule has 0 N–H and O–H groups in total. The molecule has 4 atom stereocenters. The van der Waals surface area contributed by atoms with E-state index >= 15 is 0 Å². The fourth-order valence-electron chi connectivity index (χ4n) is 5.74. The van der Waals surface area contributed by atoms with Crippen molar-refractivity contribution < 1.29 is 9.53 Å². The zero-order valence-corrected chi connectivity index (χ0v) is 21.6. The van der Waals surface area contributed by atoms with E-state index in [1.54, 1.807) is 7.11 Å². The maximum Gasteiger partial charge on any atom is 0.282 e. The van der Waals surface area contributed by atoms with Gasteiger partial charge in [-0.3, -0.25) is 14.5 Å². The maximum absolute atomic E-state index is 13.0. The number of piperidine rings is 1. The number of rotatable bonds is 7. The van der Waals surface area contributed by atoms with Gasteiger partial charge in [-0.15, -0.1) is 11.7 Å². The molecule has 37 heavy (non-hydrogen) atoms. The Morgan fingerprint density at radius 3 is 2.89 bits per heavy atom. The second-order valence-corrected chi connectivity index (χ2v) is 10.8. The van der Waals surface area contributed by atoms with E-state index in [9.17, 15) is 4.79 Å². The summed E-state index contributed by atoms with van der Waals surface area (Å²) in [7, 11) is 1.67. The molecule has 0 bridgehead atoms. The highest BCUT2D eigenvalue weighted by Crippen LogP contribution is 2.50. The smallest absolute Gasteiger partial charge is 0.282 e. The van der Waals surface area contributed by atoms with Gasteiger partial charge in [-0.05, 0) is 54.5 Å². The summed E-state index contributed by atoms with van der Waals surface area (Å²) in [5, 5.41) is 10.0. The summed E-state index contributed by atoms with van der Waals surface area (Å²) in [5.74, 6) is 1.44. The van der Waals surface area contributed by atoms with Gasteiger partial charge in [0.25, 0.3) is 5.24 Å². The van der Waals surface area contributed by atoms with Gasteiger partial charge in [0.2, 0.25) is 0 Å². The quantitative estimate of drug-likeness (QED) is 0.284. The minimum atomic E-state index is 0.0504. The summed E-state index contributed by atoms with van der Waals surface area (Å²) in [5.41, 5.74) is 4.00. The molecule has 2 aromatic heterocycles. The van der Waals surface area contributed by atoms with Crippen molar-refractivity contribution in [2.75, 3.05) is 13.7 Å². The first-order valence-corrected chi connectivity index (χ1v) is 13.5. The van der Waals surface area contributed by atoms with Gasteiger partial charge in [0, 0.05) is 36.3 Å². The Morgan fingerprint density at radius 2 is 2.08 bits per heavy atom. The van der Waals surface area contributed by atoms with E-state index < -0.39 is 0 Å². The number of hydrogen-bond acceptors (Lipinski definition) is 6. The average molecular weight is 512 g/mol. The number of carbonyl (C=O) groups excluding carboxylic acids is 1. The molecule has 0 saturated carbocycles. The van der Waals surface area contributed by atoms with Crippen molar-refractivity contribution in [2.24, 2.45) is 11.8 Å². The third-order valence-electron chi connectivity index (χ3n) is 7.70. The van der Waals surface area contributed by atoms with Crippen LogP contribution < -0.4 is 4.74 Å². The Bertz CT molecular complexity index is 1440. The van der Waals surface area contributed by atoms with Crippen molar-refractivity contribution in [1.29, 1.82) is 0 Å². The zero-order chi connectivity index (χ0) is 25.4. The van der Waals surface area contributed by atoms with Crippen LogP contribution in [0.5, 0.6) is 5.75 Å². The third-order valence-corrected chi connectivity index (χ3v) is 8.96. The molecule has 2 aliphatic rings. The van der Waals surface area contributed by atoms with Crippen molar-refractivity contribution in [2.45, 2.75) is 30.7 Å². The standard InChI is InChI=1S/C29H29N5O2S/c1-3-19(17-33-18-26(31-32-33)20-7-5-4-6-8-20)21-12-14-34-27(15-21)28(37-29(34)35)23-11-13-30-25-10-9-22(36-2)16-24(23)25/h3-11,13,16,18-19,21,27-28H,1,12,14-15,17H2,2H3/t19-,21-,27-,28-/m0/s1. The number of fused-ring (bicyclic) bond motifs is 2. The molecule has 6 rings (SSSR count). The molecule has 0 spiro atoms. The predicted octanol–water partition coefficient (Wildman–Crippen LogP) is 5.99. The lowest BCUT2D eigenvalue weighted by molar-refractivity contribution is 0.129. The lowest BCUT2D eigenvalue weighted by atomic mass is 9.79. The highest BCUT2D eigenvalue weighted by atomic mass is 32.2. The molecule has 0 aliphatic carbocycles. The van der Waals surface area contributed by atoms with Gasteiger partial charge in [-0.1, -0.05) is 53.4 Å². The van der Waals surface area contributed by atoms with E-state index in [1.165, 1.54) is 11.8 Å². The van der Waals surface area contributed by atoms with Crippen molar-refractivity contribution in [1.82, 2.24) is 24.9 Å². The molecule has 2 aromatic carbocycles. The SMILES string of the molecule is C=C[C@@H](Cn1cc(-c2ccccc2)nn1)[C@H]1CCN2C(=O)S[C@@H](c3ccnc4ccc(OC)cc34)[C@@H]2C1. The zero-order valence-electron chi connectivity index (χ0n) is 20.7. The van der Waals surface area contributed by atoms with Crippen LogP contribution in [0.25, 0.3) is 22.2 Å². The number of benzene rings is 2. The molecule has 8 heteroatoms. The fourth-order valence-corrected chi connectivity index (χ4v) is 7.06. The number of pyridine rings is 1. The Hall–Kier alpha value is -3.65. The van der Waals surface area contributed by atoms with E-state index in [0.717, 1.165) is 59.4 Å². The Kier molecular flexibility index (Phi) is 6.42. The second-order valence-electron chi connectivity index (χ2n) is 9.72. The van der Waals surface area contributed by atoms with Crippen LogP contribution in [0.3, 0.4) is 0 Å². The summed E-state index contributed by atoms with van der Waals surface area (Å²) in [6.07, 6.45) is 7.79. The van der Waals surface area contributed by atoms with Crippen LogP contribution in [0.2, 0.25) is 0 Å². The lowest BCUT2D eigenvalue weighted by Crippen LogP contribution is -2.43. The van der Waals surface area contributed by atoms with Crippen LogP contribution in [0.1, 0.15) is 23.7 Å². The fraction of sp³-hybridized carbons (Fsp3) is 0.310. The Morgan fingerprint density at radius 1 is 1.22 bits per heavy atom. The largest absolute Gasteiger partial charge is 0.497 e. The van der Waals surface area contributed by atoms with E-state index in [0.29, 0.717) is 5.92 Å². The van der Waals surface area contributed by atoms with Gasteiger partial charge >= 0.3 is 0 Å². The van der Waals surface area contributed by atoms with Crippen LogP contribution in [-0.4, -0.2) is 49.8 Å². The number of aromatic nitrogens is 4. The van der Waals surface area contributed by atoms with Gasteiger partial charge in [0.15, 0.2) is 0 Å². The molecule has 188 valence electrons. The number of hydrogen-bond donors (Lipinski definition) is 0. The monoisotopic (exact) mass is 511 g/mol. The van der Waals surface area contributed by atoms with Gasteiger partial charge in [0.1, 0.15) is 11.4 Å². The minimum absolute atomic E-state index is 0.0504. The van der Waals surface area contributed by atoms with Gasteiger partial charge in [0.05, 0.1) is 24.1 Å². The molecule has 0 unspecified atom stereocenters. The molecular weight excluding hydrogens is 482 g/mol. The highest BCUT2D eigenvalue weighted by Gasteiger charge is 2.46. The topological polar surface area (TPSA) is 73.1 Å². The van der Waals surface area contributed by atoms with Gasteiger partial charge in [-0.2, -0.15) is 0 Å². The van der Waals surface area contributed by atoms with Crippen LogP contribution in [-0.2, 0) is 6.54 Å². The first kappa shape index (κ1) is 23.7. The van der Waals surface area contributed by atoms with Crippen molar-refractivity contribution in [3.63, 3.8) is 0 Å². The summed E-state index contributed by atoms with van der Waals surface area (Å²) >= 11 is 1.44. The molecule has 1 amide bonds. The summed E-state index contributed by atoms with van der Waals surface area (Å²) in [6.45, 7) is 5.65. The van der Waals surface area contributed by atoms with Crippen LogP contribution in [0.4, 0.5) is 4.79 Å². The van der Waals surface area contributed by atoms with Crippen molar-refractivity contribution in [3.05, 3.63) is 85.2 Å². The number of allylic oxidation sites excluding steroid dienone is 1. The number of amides is 1. The highest BCUT2D eigenvalue weighted by molar-refractivity contribution is 8.14. The normalized spacial score (nSPS) is 22.1. The lowest BCUT2D eigenvalue weighted by Gasteiger charge is -2.39. The van der Waals surface area contributed by atoms with E-state index in [2.05, 4.69) is 38.9 Å². The van der Waals surface area contributed by atoms with E-state index in [-0.39, 0.29) is 22.4 Å². The van der Waals surface area contributed by atoms with E-state index in [1.807, 2.05) is 65.6 Å². The number of nitrogens with zero attached hydrogens (tertiary/aromatic N) is 5. The minimum Gasteiger partial charge on any atom is -0.497 e. The molecule has 2 fully saturated rings. The number of thioether (sulfide) groups is 1. The third kappa shape index (κ3) is 4.50. The molecule has 2 aliphatic heterocycles. The Balaban J connectivity index is 1.24. The van der Waals surface area contributed by atoms with Gasteiger partial charge in [-0.25, -0.2) is 0 Å². The van der Waals surface area contributed by atoms with Crippen molar-refractivity contribution >= 4 is 27.9 Å². The van der Waals surface area contributed by atoms with Gasteiger partial charge < -0.3 is 9.64 Å². The maximum atomic E-state index is 13.0. The molecule has 4 heterocycles. The summed E-state index contributed by atoms with van der Waals surface area (Å²) in [6, 6.07) is 18.2. The predicted molar refractivity (Wildman–Crippen MR) is 146 cm³/mol. The van der Waals surface area contributed by atoms with Crippen LogP contribution >= 0.6 is 11.8 Å². The Labute approximate surface area is 220 Å². The van der Waals surface area contributed by atoms with Crippen LogP contribution in [0.15, 0.2) is 79.6 Å². The summed E-state index contributed by atoms with van der Waals surface area (Å²) < 4.78 is 7.41. The number of ether oxygens (including phenoxy) is 1. The number of carbonyl (C=O) groups is 1. The molecule has 7 nitrogen and oxygen atoms in total. The van der Waals surface area contributed by atoms with Crippen LogP contribution in [0, 0.1) is 11.8 Å². The average Bonchev–Trinajstić information content (AvgIpc) is 3.55. The van der Waals surface area contributed by atoms with Crippen molar-refractivity contribution in [3.8, 4) is 17.0 Å². The molecule has 2 saturated heterocycles. The molecule has 0 radical (unpaired) electrons. The first-order valence-electron chi connectivity index (χ1n) is 12.6. The summed E-state index contributed by atoms with van der Waals surface area (Å²) in [4.78, 5) is 19.6. The molecule has 4 aromatic rings.